The number of hydrogen-bond acceptors (Lipinski definition) is 3. The quantitative estimate of drug-likeness (QED) is 0.494. The molecule has 0 saturated carbocycles. The third kappa shape index (κ3) is 3.86. The first kappa shape index (κ1) is 19.1. The number of carbonyl (C=O) groups is 2. The van der Waals surface area contributed by atoms with Gasteiger partial charge in [0.25, 0.3) is 0 Å². The topological polar surface area (TPSA) is 48.3 Å². The highest BCUT2D eigenvalue weighted by Crippen LogP contribution is 2.28. The van der Waals surface area contributed by atoms with Crippen LogP contribution in [0.4, 0.5) is 9.18 Å². The third-order valence-corrected chi connectivity index (χ3v) is 4.92. The molecule has 0 radical (unpaired) electrons. The van der Waals surface area contributed by atoms with E-state index in [1.54, 1.807) is 12.3 Å². The van der Waals surface area contributed by atoms with Crippen LogP contribution in [0.5, 0.6) is 0 Å². The van der Waals surface area contributed by atoms with E-state index in [2.05, 4.69) is 0 Å². The lowest BCUT2D eigenvalue weighted by Crippen LogP contribution is -2.26. The molecule has 0 atom stereocenters. The Morgan fingerprint density at radius 1 is 1.10 bits per heavy atom. The van der Waals surface area contributed by atoms with Gasteiger partial charge in [0.15, 0.2) is 5.78 Å². The standard InChI is InChI=1S/C24H22FNO3/c1-24(2,3)29-23(28)26-11-10-17-12-15(4-9-21(17)26)13-18-6-5-16-7-8-19(25)14-20(16)22(18)27/h4,7-14H,5-6H2,1-3H3/b18-13+. The number of Topliss-reactive ketones (excluding diaryl/α,β-unsaturated/α-hetero) is 1. The maximum atomic E-state index is 13.6. The summed E-state index contributed by atoms with van der Waals surface area (Å²) in [5.74, 6) is -0.527. The van der Waals surface area contributed by atoms with Gasteiger partial charge in [-0.3, -0.25) is 9.36 Å². The minimum atomic E-state index is -0.574. The van der Waals surface area contributed by atoms with Gasteiger partial charge in [0.1, 0.15) is 11.4 Å². The number of rotatable bonds is 1. The molecule has 148 valence electrons. The Labute approximate surface area is 168 Å². The predicted octanol–water partition coefficient (Wildman–Crippen LogP) is 5.78. The number of ether oxygens (including phenoxy) is 1. The van der Waals surface area contributed by atoms with E-state index in [-0.39, 0.29) is 5.78 Å². The minimum Gasteiger partial charge on any atom is -0.443 e. The van der Waals surface area contributed by atoms with Crippen molar-refractivity contribution in [2.24, 2.45) is 0 Å². The summed E-state index contributed by atoms with van der Waals surface area (Å²) in [6.45, 7) is 5.48. The van der Waals surface area contributed by atoms with Crippen LogP contribution in [0.3, 0.4) is 0 Å². The molecule has 4 rings (SSSR count). The normalized spacial score (nSPS) is 15.6. The SMILES string of the molecule is CC(C)(C)OC(=O)n1ccc2cc(/C=C3\CCc4ccc(F)cc4C3=O)ccc21. The molecule has 0 bridgehead atoms. The van der Waals surface area contributed by atoms with Crippen LogP contribution in [-0.2, 0) is 11.2 Å². The Balaban J connectivity index is 1.64. The van der Waals surface area contributed by atoms with Gasteiger partial charge in [0, 0.05) is 22.7 Å². The van der Waals surface area contributed by atoms with Crippen LogP contribution in [0, 0.1) is 5.82 Å². The van der Waals surface area contributed by atoms with Crippen molar-refractivity contribution in [3.8, 4) is 0 Å². The number of allylic oxidation sites excluding steroid dienone is 1. The Hall–Kier alpha value is -3.21. The second-order valence-electron chi connectivity index (χ2n) is 8.28. The van der Waals surface area contributed by atoms with Crippen LogP contribution in [-0.4, -0.2) is 22.0 Å². The van der Waals surface area contributed by atoms with E-state index >= 15 is 0 Å². The number of halogens is 1. The first-order chi connectivity index (χ1) is 13.7. The Morgan fingerprint density at radius 3 is 2.66 bits per heavy atom. The first-order valence-electron chi connectivity index (χ1n) is 9.59. The average molecular weight is 391 g/mol. The highest BCUT2D eigenvalue weighted by atomic mass is 19.1. The van der Waals surface area contributed by atoms with Crippen molar-refractivity contribution in [3.05, 3.63) is 76.7 Å². The predicted molar refractivity (Wildman–Crippen MR) is 111 cm³/mol. The van der Waals surface area contributed by atoms with E-state index in [4.69, 9.17) is 4.74 Å². The molecule has 3 aromatic rings. The van der Waals surface area contributed by atoms with Crippen molar-refractivity contribution in [2.45, 2.75) is 39.2 Å². The molecule has 1 heterocycles. The second kappa shape index (κ2) is 6.99. The number of carbonyl (C=O) groups excluding carboxylic acids is 2. The average Bonchev–Trinajstić information content (AvgIpc) is 3.06. The molecule has 1 aliphatic rings. The van der Waals surface area contributed by atoms with Crippen LogP contribution in [0.25, 0.3) is 17.0 Å². The van der Waals surface area contributed by atoms with Gasteiger partial charge in [-0.2, -0.15) is 0 Å². The van der Waals surface area contributed by atoms with E-state index in [0.717, 1.165) is 22.0 Å². The van der Waals surface area contributed by atoms with Gasteiger partial charge < -0.3 is 4.74 Å². The minimum absolute atomic E-state index is 0.128. The summed E-state index contributed by atoms with van der Waals surface area (Å²) in [6, 6.07) is 11.9. The Kier molecular flexibility index (Phi) is 4.61. The van der Waals surface area contributed by atoms with E-state index in [1.165, 1.54) is 16.7 Å². The molecule has 0 unspecified atom stereocenters. The van der Waals surface area contributed by atoms with E-state index < -0.39 is 17.5 Å². The number of hydrogen-bond donors (Lipinski definition) is 0. The van der Waals surface area contributed by atoms with Crippen molar-refractivity contribution >= 4 is 28.9 Å². The van der Waals surface area contributed by atoms with Crippen molar-refractivity contribution in [1.29, 1.82) is 0 Å². The summed E-state index contributed by atoms with van der Waals surface area (Å²) in [7, 11) is 0. The van der Waals surface area contributed by atoms with Crippen LogP contribution in [0.2, 0.25) is 0 Å². The van der Waals surface area contributed by atoms with Gasteiger partial charge in [-0.15, -0.1) is 0 Å². The van der Waals surface area contributed by atoms with Crippen LogP contribution < -0.4 is 0 Å². The summed E-state index contributed by atoms with van der Waals surface area (Å²) in [5, 5.41) is 0.875. The van der Waals surface area contributed by atoms with Crippen molar-refractivity contribution in [2.75, 3.05) is 0 Å². The van der Waals surface area contributed by atoms with Gasteiger partial charge in [0.05, 0.1) is 5.52 Å². The molecule has 1 aromatic heterocycles. The molecule has 0 amide bonds. The van der Waals surface area contributed by atoms with Crippen LogP contribution >= 0.6 is 0 Å². The lowest BCUT2D eigenvalue weighted by Gasteiger charge is -2.19. The molecule has 0 saturated heterocycles. The molecular formula is C24H22FNO3. The molecule has 0 N–H and O–H groups in total. The number of aryl methyl sites for hydroxylation is 1. The Morgan fingerprint density at radius 2 is 1.90 bits per heavy atom. The van der Waals surface area contributed by atoms with Gasteiger partial charge in [0.2, 0.25) is 0 Å². The summed E-state index contributed by atoms with van der Waals surface area (Å²) >= 11 is 0. The molecule has 4 nitrogen and oxygen atoms in total. The molecular weight excluding hydrogens is 369 g/mol. The maximum Gasteiger partial charge on any atom is 0.418 e. The van der Waals surface area contributed by atoms with Gasteiger partial charge in [-0.05, 0) is 81.1 Å². The zero-order valence-corrected chi connectivity index (χ0v) is 16.7. The van der Waals surface area contributed by atoms with Crippen molar-refractivity contribution < 1.29 is 18.7 Å². The molecule has 0 spiro atoms. The smallest absolute Gasteiger partial charge is 0.418 e. The Bertz CT molecular complexity index is 1160. The third-order valence-electron chi connectivity index (χ3n) is 4.92. The largest absolute Gasteiger partial charge is 0.443 e. The number of fused-ring (bicyclic) bond motifs is 2. The molecule has 1 aliphatic carbocycles. The fraction of sp³-hybridized carbons (Fsp3) is 0.250. The van der Waals surface area contributed by atoms with E-state index in [1.807, 2.05) is 51.1 Å². The number of aromatic nitrogens is 1. The van der Waals surface area contributed by atoms with E-state index in [9.17, 15) is 14.0 Å². The fourth-order valence-electron chi connectivity index (χ4n) is 3.59. The van der Waals surface area contributed by atoms with Gasteiger partial charge in [-0.1, -0.05) is 12.1 Å². The van der Waals surface area contributed by atoms with Crippen molar-refractivity contribution in [1.82, 2.24) is 4.57 Å². The maximum absolute atomic E-state index is 13.6. The second-order valence-corrected chi connectivity index (χ2v) is 8.28. The summed E-state index contributed by atoms with van der Waals surface area (Å²) in [4.78, 5) is 25.1. The molecule has 0 fully saturated rings. The highest BCUT2D eigenvalue weighted by Gasteiger charge is 2.23. The number of nitrogens with zero attached hydrogens (tertiary/aromatic N) is 1. The summed E-state index contributed by atoms with van der Waals surface area (Å²) < 4.78 is 20.5. The monoisotopic (exact) mass is 391 g/mol. The molecule has 29 heavy (non-hydrogen) atoms. The molecule has 2 aromatic carbocycles. The zero-order valence-electron chi connectivity index (χ0n) is 16.7. The number of ketones is 1. The van der Waals surface area contributed by atoms with Gasteiger partial charge >= 0.3 is 6.09 Å². The summed E-state index contributed by atoms with van der Waals surface area (Å²) in [6.07, 6.45) is 4.43. The number of benzene rings is 2. The molecule has 0 aliphatic heterocycles. The van der Waals surface area contributed by atoms with Crippen molar-refractivity contribution in [3.63, 3.8) is 0 Å². The van der Waals surface area contributed by atoms with E-state index in [0.29, 0.717) is 24.0 Å². The fourth-order valence-corrected chi connectivity index (χ4v) is 3.59. The zero-order chi connectivity index (χ0) is 20.8. The lowest BCUT2D eigenvalue weighted by atomic mass is 9.86. The van der Waals surface area contributed by atoms with Gasteiger partial charge in [-0.25, -0.2) is 9.18 Å². The highest BCUT2D eigenvalue weighted by molar-refractivity contribution is 6.13. The molecule has 5 heteroatoms. The lowest BCUT2D eigenvalue weighted by molar-refractivity contribution is 0.0544. The summed E-state index contributed by atoms with van der Waals surface area (Å²) in [5.41, 5.74) is 3.02. The van der Waals surface area contributed by atoms with Crippen LogP contribution in [0.1, 0.15) is 48.7 Å². The van der Waals surface area contributed by atoms with Crippen LogP contribution in [0.15, 0.2) is 54.2 Å². The first-order valence-corrected chi connectivity index (χ1v) is 9.59.